The molecule has 0 radical (unpaired) electrons. The van der Waals surface area contributed by atoms with Crippen LogP contribution < -0.4 is 9.64 Å². The van der Waals surface area contributed by atoms with Crippen molar-refractivity contribution in [2.24, 2.45) is 0 Å². The summed E-state index contributed by atoms with van der Waals surface area (Å²) >= 11 is 0. The first-order valence-corrected chi connectivity index (χ1v) is 8.56. The number of carbonyl (C=O) groups excluding carboxylic acids is 1. The summed E-state index contributed by atoms with van der Waals surface area (Å²) in [6, 6.07) is 8.86. The van der Waals surface area contributed by atoms with Crippen LogP contribution in [0.25, 0.3) is 0 Å². The van der Waals surface area contributed by atoms with Gasteiger partial charge in [-0.2, -0.15) is 0 Å². The van der Waals surface area contributed by atoms with Gasteiger partial charge in [-0.3, -0.25) is 4.79 Å². The zero-order chi connectivity index (χ0) is 17.8. The molecule has 0 aliphatic carbocycles. The molecule has 2 aromatic rings. The van der Waals surface area contributed by atoms with E-state index in [4.69, 9.17) is 9.15 Å². The van der Waals surface area contributed by atoms with E-state index in [0.29, 0.717) is 30.9 Å². The van der Waals surface area contributed by atoms with E-state index in [1.807, 2.05) is 32.2 Å². The minimum absolute atomic E-state index is 0.0902. The van der Waals surface area contributed by atoms with E-state index in [1.165, 1.54) is 0 Å². The summed E-state index contributed by atoms with van der Waals surface area (Å²) in [6.45, 7) is 3.61. The Morgan fingerprint density at radius 1 is 1.40 bits per heavy atom. The van der Waals surface area contributed by atoms with Crippen LogP contribution in [0.15, 0.2) is 41.0 Å². The zero-order valence-electron chi connectivity index (χ0n) is 14.6. The average Bonchev–Trinajstić information content (AvgIpc) is 3.14. The summed E-state index contributed by atoms with van der Waals surface area (Å²) in [4.78, 5) is 16.9. The van der Waals surface area contributed by atoms with Crippen LogP contribution in [0.1, 0.15) is 29.5 Å². The number of hydrogen-bond acceptors (Lipinski definition) is 5. The van der Waals surface area contributed by atoms with Gasteiger partial charge in [0.05, 0.1) is 37.7 Å². The number of furan rings is 1. The number of anilines is 1. The first-order chi connectivity index (χ1) is 12.1. The Balaban J connectivity index is 1.88. The number of ether oxygens (including phenoxy) is 1. The lowest BCUT2D eigenvalue weighted by atomic mass is 10.1. The molecule has 0 fully saturated rings. The number of aliphatic hydroxyl groups excluding tert-OH is 1. The van der Waals surface area contributed by atoms with Crippen molar-refractivity contribution < 1.29 is 19.1 Å². The Kier molecular flexibility index (Phi) is 5.28. The van der Waals surface area contributed by atoms with Gasteiger partial charge in [0.1, 0.15) is 18.1 Å². The molecule has 0 unspecified atom stereocenters. The standard InChI is InChI=1S/C19H24N2O4/c1-3-15(13-22)21(12-16-5-4-9-24-16)19(23)14-6-7-17-18(11-14)25-10-8-20(17)2/h4-7,9,11,15,22H,3,8,10,12-13H2,1-2H3/t15-/m0/s1. The Labute approximate surface area is 147 Å². The van der Waals surface area contributed by atoms with Crippen LogP contribution in [0.5, 0.6) is 5.75 Å². The second-order valence-electron chi connectivity index (χ2n) is 6.21. The van der Waals surface area contributed by atoms with Gasteiger partial charge in [-0.25, -0.2) is 0 Å². The van der Waals surface area contributed by atoms with Gasteiger partial charge in [0.15, 0.2) is 0 Å². The van der Waals surface area contributed by atoms with E-state index in [-0.39, 0.29) is 18.6 Å². The fraction of sp³-hybridized carbons (Fsp3) is 0.421. The number of rotatable bonds is 6. The monoisotopic (exact) mass is 344 g/mol. The van der Waals surface area contributed by atoms with E-state index in [0.717, 1.165) is 18.0 Å². The Bertz CT molecular complexity index is 710. The number of benzene rings is 1. The smallest absolute Gasteiger partial charge is 0.254 e. The molecule has 1 aromatic heterocycles. The highest BCUT2D eigenvalue weighted by Crippen LogP contribution is 2.32. The van der Waals surface area contributed by atoms with Gasteiger partial charge in [0.2, 0.25) is 0 Å². The van der Waals surface area contributed by atoms with Gasteiger partial charge in [-0.15, -0.1) is 0 Å². The van der Waals surface area contributed by atoms with Crippen molar-refractivity contribution in [3.63, 3.8) is 0 Å². The fourth-order valence-electron chi connectivity index (χ4n) is 3.04. The van der Waals surface area contributed by atoms with Crippen LogP contribution in [-0.4, -0.2) is 48.8 Å². The third-order valence-corrected chi connectivity index (χ3v) is 4.59. The van der Waals surface area contributed by atoms with Crippen molar-refractivity contribution in [2.75, 3.05) is 31.7 Å². The predicted molar refractivity (Wildman–Crippen MR) is 95.0 cm³/mol. The summed E-state index contributed by atoms with van der Waals surface area (Å²) in [5, 5.41) is 9.69. The van der Waals surface area contributed by atoms with Crippen molar-refractivity contribution in [1.29, 1.82) is 0 Å². The third-order valence-electron chi connectivity index (χ3n) is 4.59. The maximum absolute atomic E-state index is 13.1. The van der Waals surface area contributed by atoms with E-state index in [1.54, 1.807) is 23.3 Å². The van der Waals surface area contributed by atoms with E-state index in [9.17, 15) is 9.90 Å². The number of carbonyl (C=O) groups is 1. The molecule has 1 aliphatic heterocycles. The van der Waals surface area contributed by atoms with E-state index >= 15 is 0 Å². The van der Waals surface area contributed by atoms with Crippen LogP contribution >= 0.6 is 0 Å². The van der Waals surface area contributed by atoms with Gasteiger partial charge < -0.3 is 24.1 Å². The lowest BCUT2D eigenvalue weighted by molar-refractivity contribution is 0.0544. The molecule has 1 amide bonds. The molecule has 0 saturated carbocycles. The number of fused-ring (bicyclic) bond motifs is 1. The number of nitrogens with zero attached hydrogens (tertiary/aromatic N) is 2. The van der Waals surface area contributed by atoms with Crippen LogP contribution in [0.4, 0.5) is 5.69 Å². The molecule has 1 aliphatic rings. The molecule has 1 aromatic carbocycles. The summed E-state index contributed by atoms with van der Waals surface area (Å²) in [5.41, 5.74) is 1.53. The molecular weight excluding hydrogens is 320 g/mol. The molecule has 6 heteroatoms. The van der Waals surface area contributed by atoms with Crippen molar-refractivity contribution in [1.82, 2.24) is 4.90 Å². The lowest BCUT2D eigenvalue weighted by Gasteiger charge is -2.31. The Hall–Kier alpha value is -2.47. The minimum atomic E-state index is -0.266. The molecular formula is C19H24N2O4. The molecule has 0 bridgehead atoms. The maximum atomic E-state index is 13.1. The molecule has 3 rings (SSSR count). The van der Waals surface area contributed by atoms with Crippen molar-refractivity contribution >= 4 is 11.6 Å². The lowest BCUT2D eigenvalue weighted by Crippen LogP contribution is -2.41. The highest BCUT2D eigenvalue weighted by Gasteiger charge is 2.26. The van der Waals surface area contributed by atoms with Crippen molar-refractivity contribution in [2.45, 2.75) is 25.9 Å². The number of hydrogen-bond donors (Lipinski definition) is 1. The summed E-state index contributed by atoms with van der Waals surface area (Å²) in [5.74, 6) is 1.26. The molecule has 25 heavy (non-hydrogen) atoms. The maximum Gasteiger partial charge on any atom is 0.254 e. The normalized spacial score (nSPS) is 14.6. The highest BCUT2D eigenvalue weighted by molar-refractivity contribution is 5.95. The highest BCUT2D eigenvalue weighted by atomic mass is 16.5. The Morgan fingerprint density at radius 3 is 2.92 bits per heavy atom. The fourth-order valence-corrected chi connectivity index (χ4v) is 3.04. The van der Waals surface area contributed by atoms with Crippen LogP contribution in [0, 0.1) is 0 Å². The van der Waals surface area contributed by atoms with Gasteiger partial charge in [0, 0.05) is 12.6 Å². The summed E-state index contributed by atoms with van der Waals surface area (Å²) in [6.07, 6.45) is 2.24. The van der Waals surface area contributed by atoms with Crippen LogP contribution in [-0.2, 0) is 6.54 Å². The summed E-state index contributed by atoms with van der Waals surface area (Å²) in [7, 11) is 2.00. The van der Waals surface area contributed by atoms with Crippen LogP contribution in [0.2, 0.25) is 0 Å². The van der Waals surface area contributed by atoms with Gasteiger partial charge in [-0.1, -0.05) is 6.92 Å². The summed E-state index contributed by atoms with van der Waals surface area (Å²) < 4.78 is 11.1. The first kappa shape index (κ1) is 17.4. The average molecular weight is 344 g/mol. The zero-order valence-corrected chi connectivity index (χ0v) is 14.6. The largest absolute Gasteiger partial charge is 0.490 e. The molecule has 0 spiro atoms. The number of likely N-dealkylation sites (N-methyl/N-ethyl adjacent to an activating group) is 1. The second-order valence-corrected chi connectivity index (χ2v) is 6.21. The van der Waals surface area contributed by atoms with Crippen LogP contribution in [0.3, 0.4) is 0 Å². The SMILES string of the molecule is CC[C@@H](CO)N(Cc1ccco1)C(=O)c1ccc2c(c1)OCCN2C. The molecule has 2 heterocycles. The van der Waals surface area contributed by atoms with Gasteiger partial charge >= 0.3 is 0 Å². The molecule has 134 valence electrons. The number of aliphatic hydroxyl groups is 1. The van der Waals surface area contributed by atoms with Crippen molar-refractivity contribution in [3.8, 4) is 5.75 Å². The van der Waals surface area contributed by atoms with E-state index < -0.39 is 0 Å². The molecule has 6 nitrogen and oxygen atoms in total. The molecule has 0 saturated heterocycles. The quantitative estimate of drug-likeness (QED) is 0.872. The topological polar surface area (TPSA) is 66.1 Å². The second kappa shape index (κ2) is 7.61. The first-order valence-electron chi connectivity index (χ1n) is 8.56. The third kappa shape index (κ3) is 3.64. The molecule has 1 atom stereocenters. The minimum Gasteiger partial charge on any atom is -0.490 e. The van der Waals surface area contributed by atoms with Crippen molar-refractivity contribution in [3.05, 3.63) is 47.9 Å². The van der Waals surface area contributed by atoms with Gasteiger partial charge in [0.25, 0.3) is 5.91 Å². The predicted octanol–water partition coefficient (Wildman–Crippen LogP) is 2.52. The van der Waals surface area contributed by atoms with Gasteiger partial charge in [-0.05, 0) is 36.8 Å². The molecule has 1 N–H and O–H groups in total. The van der Waals surface area contributed by atoms with E-state index in [2.05, 4.69) is 4.90 Å². The Morgan fingerprint density at radius 2 is 2.24 bits per heavy atom. The number of amides is 1.